The molecule has 6 aromatic carbocycles. The maximum atomic E-state index is 14.3. The molecule has 6 aromatic rings. The van der Waals surface area contributed by atoms with Gasteiger partial charge >= 0.3 is 12.2 Å². The van der Waals surface area contributed by atoms with E-state index in [0.717, 1.165) is 66.5 Å². The Balaban J connectivity index is 0.000000217. The molecule has 4 N–H and O–H groups in total. The molecule has 4 atom stereocenters. The fourth-order valence-electron chi connectivity index (χ4n) is 12.2. The number of carbonyl (C=O) groups excluding carboxylic acids is 8. The van der Waals surface area contributed by atoms with E-state index >= 15 is 0 Å². The fourth-order valence-corrected chi connectivity index (χ4v) is 12.2. The van der Waals surface area contributed by atoms with Crippen LogP contribution in [0.3, 0.4) is 0 Å². The topological polar surface area (TPSA) is 257 Å². The summed E-state index contributed by atoms with van der Waals surface area (Å²) in [5, 5.41) is 27.8. The molecule has 8 amide bonds. The van der Waals surface area contributed by atoms with Gasteiger partial charge in [0.05, 0.1) is 31.9 Å². The lowest BCUT2D eigenvalue weighted by Crippen LogP contribution is -2.66. The van der Waals surface area contributed by atoms with E-state index in [1.165, 1.54) is 9.80 Å². The van der Waals surface area contributed by atoms with Gasteiger partial charge in [0.25, 0.3) is 23.6 Å². The third kappa shape index (κ3) is 23.7. The first-order valence-corrected chi connectivity index (χ1v) is 35.6. The van der Waals surface area contributed by atoms with Crippen LogP contribution in [0, 0.1) is 0 Å². The molecule has 102 heavy (non-hydrogen) atoms. The van der Waals surface area contributed by atoms with E-state index in [0.29, 0.717) is 94.4 Å². The van der Waals surface area contributed by atoms with Gasteiger partial charge < -0.3 is 59.4 Å². The van der Waals surface area contributed by atoms with E-state index in [-0.39, 0.29) is 61.9 Å². The lowest BCUT2D eigenvalue weighted by molar-refractivity contribution is -0.148. The lowest BCUT2D eigenvalue weighted by atomic mass is 9.92. The first kappa shape index (κ1) is 77.9. The van der Waals surface area contributed by atoms with Crippen molar-refractivity contribution in [2.24, 2.45) is 0 Å². The molecule has 0 spiro atoms. The molecule has 6 aliphatic heterocycles. The number of benzene rings is 6. The minimum Gasteiger partial charge on any atom is -0.494 e. The van der Waals surface area contributed by atoms with Crippen LogP contribution < -0.4 is 20.1 Å². The molecule has 2 fully saturated rings. The number of piperazine rings is 2. The van der Waals surface area contributed by atoms with E-state index in [1.807, 2.05) is 149 Å². The van der Waals surface area contributed by atoms with Crippen LogP contribution in [0.2, 0.25) is 0 Å². The second-order valence-corrected chi connectivity index (χ2v) is 28.0. The summed E-state index contributed by atoms with van der Waals surface area (Å²) in [5.74, 6) is -0.0905. The van der Waals surface area contributed by atoms with Gasteiger partial charge in [-0.3, -0.25) is 38.6 Å². The van der Waals surface area contributed by atoms with Crippen LogP contribution in [-0.4, -0.2) is 201 Å². The Bertz CT molecular complexity index is 3730. The van der Waals surface area contributed by atoms with Crippen LogP contribution in [0.1, 0.15) is 158 Å². The average Bonchev–Trinajstić information content (AvgIpc) is 0.782. The van der Waals surface area contributed by atoms with Gasteiger partial charge in [-0.15, -0.1) is 0 Å². The average molecular weight is 1400 g/mol. The van der Waals surface area contributed by atoms with Gasteiger partial charge in [-0.1, -0.05) is 111 Å². The van der Waals surface area contributed by atoms with Crippen molar-refractivity contribution in [1.82, 2.24) is 40.0 Å². The molecule has 546 valence electrons. The predicted molar refractivity (Wildman–Crippen MR) is 389 cm³/mol. The summed E-state index contributed by atoms with van der Waals surface area (Å²) >= 11 is 0. The summed E-state index contributed by atoms with van der Waals surface area (Å²) in [6.07, 6.45) is 2.86. The van der Waals surface area contributed by atoms with Gasteiger partial charge in [-0.25, -0.2) is 9.59 Å². The van der Waals surface area contributed by atoms with E-state index < -0.39 is 59.4 Å². The molecule has 0 radical (unpaired) electrons. The maximum absolute atomic E-state index is 14.3. The number of aliphatic hydroxyl groups excluding tert-OH is 2. The highest BCUT2D eigenvalue weighted by molar-refractivity contribution is 6.01. The summed E-state index contributed by atoms with van der Waals surface area (Å²) in [4.78, 5) is 115. The number of carbonyl (C=O) groups is 8. The van der Waals surface area contributed by atoms with E-state index in [9.17, 15) is 48.6 Å². The highest BCUT2D eigenvalue weighted by Gasteiger charge is 2.46. The van der Waals surface area contributed by atoms with Crippen molar-refractivity contribution >= 4 is 47.6 Å². The van der Waals surface area contributed by atoms with Crippen LogP contribution in [-0.2, 0) is 45.0 Å². The number of amides is 8. The minimum absolute atomic E-state index is 0.0454. The molecule has 4 unspecified atom stereocenters. The first-order valence-electron chi connectivity index (χ1n) is 35.6. The minimum atomic E-state index is -1.53. The molecule has 0 aromatic heterocycles. The van der Waals surface area contributed by atoms with Crippen molar-refractivity contribution in [1.29, 1.82) is 0 Å². The molecule has 0 aliphatic carbocycles. The van der Waals surface area contributed by atoms with Gasteiger partial charge in [-0.05, 0) is 176 Å². The molecule has 2 saturated heterocycles. The third-order valence-corrected chi connectivity index (χ3v) is 17.4. The normalized spacial score (nSPS) is 18.6. The zero-order valence-corrected chi connectivity index (χ0v) is 60.4. The van der Waals surface area contributed by atoms with E-state index in [1.54, 1.807) is 84.0 Å². The lowest BCUT2D eigenvalue weighted by Gasteiger charge is -2.44. The number of nitrogens with one attached hydrogen (secondary N) is 2. The van der Waals surface area contributed by atoms with E-state index in [4.69, 9.17) is 18.9 Å². The first-order chi connectivity index (χ1) is 48.9. The number of nitrogens with zero attached hydrogens (tertiary/aromatic N) is 6. The zero-order valence-electron chi connectivity index (χ0n) is 60.4. The molecule has 6 heterocycles. The molecular weight excluding hydrogens is 1300 g/mol. The van der Waals surface area contributed by atoms with Crippen LogP contribution in [0.5, 0.6) is 11.5 Å². The highest BCUT2D eigenvalue weighted by Crippen LogP contribution is 2.26. The van der Waals surface area contributed by atoms with Gasteiger partial charge in [0.15, 0.2) is 0 Å². The Morgan fingerprint density at radius 2 is 0.980 bits per heavy atom. The quantitative estimate of drug-likeness (QED) is 0.0941. The van der Waals surface area contributed by atoms with E-state index in [2.05, 4.69) is 10.6 Å². The van der Waals surface area contributed by atoms with Gasteiger partial charge in [0.2, 0.25) is 11.8 Å². The van der Waals surface area contributed by atoms with Crippen molar-refractivity contribution in [2.45, 2.75) is 155 Å². The standard InChI is InChI=1S/C40H50N4O7.C24H30N2O4.C16H22N2O3/c1-5-20-42-21-9-10-24-50-32-18-16-28(17-19-32)25-33(41-36(46)30-14-11-15-31(26-30)37(42)47)35(45)34-38(48)43(27-29-12-7-6-8-13-29)22-23-44(34)39(49)51-40(2,3)4;1-2-12-26-13-3-4-14-30-22-10-8-18(9-11-22)15-21(17-27)25-23(28)19-6-5-7-20(16-19)24(26)29;1-16(2,3)21-15(20)18-10-9-17(14(19)12-18)11-13-7-5-4-6-8-13/h6-8,11-19,26,33-35,45H,5,9-10,20-25,27H2,1-4H3,(H,41,46);5-11,16,21,27H,2-4,12-15,17H2,1H3,(H,25,28);4-8H,9-12H2,1-3H3. The van der Waals surface area contributed by atoms with Gasteiger partial charge in [0.1, 0.15) is 41.4 Å². The van der Waals surface area contributed by atoms with Crippen molar-refractivity contribution < 1.29 is 67.5 Å². The van der Waals surface area contributed by atoms with Gasteiger partial charge in [-0.2, -0.15) is 0 Å². The monoisotopic (exact) mass is 1400 g/mol. The molecule has 6 aliphatic rings. The second-order valence-electron chi connectivity index (χ2n) is 28.0. The van der Waals surface area contributed by atoms with Crippen molar-refractivity contribution in [3.63, 3.8) is 0 Å². The van der Waals surface area contributed by atoms with Gasteiger partial charge in [0, 0.05) is 87.7 Å². The summed E-state index contributed by atoms with van der Waals surface area (Å²) in [6, 6.07) is 45.0. The third-order valence-electron chi connectivity index (χ3n) is 17.4. The number of aliphatic hydroxyl groups is 2. The van der Waals surface area contributed by atoms with Crippen LogP contribution >= 0.6 is 0 Å². The zero-order chi connectivity index (χ0) is 73.3. The van der Waals surface area contributed by atoms with Crippen LogP contribution in [0.25, 0.3) is 0 Å². The molecule has 22 nitrogen and oxygen atoms in total. The Morgan fingerprint density at radius 1 is 0.520 bits per heavy atom. The van der Waals surface area contributed by atoms with Crippen LogP contribution in [0.4, 0.5) is 9.59 Å². The predicted octanol–water partition coefficient (Wildman–Crippen LogP) is 10.4. The van der Waals surface area contributed by atoms with Crippen molar-refractivity contribution in [3.05, 3.63) is 202 Å². The SMILES string of the molecule is CC(C)(C)OC(=O)N1CCN(Cc2ccccc2)C(=O)C1.CCCN1CCCCOc2ccc(cc2)CC(C(O)C2C(=O)N(Cc3ccccc3)CCN2C(=O)OC(C)(C)C)NC(=O)c2cccc(c2)C1=O.CCCN1CCCCOc2ccc(cc2)CC(CO)NC(=O)c2cccc(c2)C1=O. The smallest absolute Gasteiger partial charge is 0.411 e. The van der Waals surface area contributed by atoms with Crippen molar-refractivity contribution in [3.8, 4) is 11.5 Å². The Hall–Kier alpha value is -9.80. The molecular formula is C80H102N8O14. The number of hydrogen-bond donors (Lipinski definition) is 4. The largest absolute Gasteiger partial charge is 0.494 e. The number of hydrogen-bond acceptors (Lipinski definition) is 14. The Kier molecular flexibility index (Phi) is 28.8. The summed E-state index contributed by atoms with van der Waals surface area (Å²) in [6.45, 7) is 20.5. The Morgan fingerprint density at radius 3 is 1.46 bits per heavy atom. The fraction of sp³-hybridized carbons (Fsp3) is 0.450. The summed E-state index contributed by atoms with van der Waals surface area (Å²) < 4.78 is 22.8. The second kappa shape index (κ2) is 37.7. The summed E-state index contributed by atoms with van der Waals surface area (Å²) in [5.41, 5.74) is 3.94. The number of rotatable bonds is 11. The molecule has 0 saturated carbocycles. The maximum Gasteiger partial charge on any atom is 0.411 e. The molecule has 22 heteroatoms. The number of ether oxygens (including phenoxy) is 4. The molecule has 8 bridgehead atoms. The highest BCUT2D eigenvalue weighted by atomic mass is 16.6. The summed E-state index contributed by atoms with van der Waals surface area (Å²) in [7, 11) is 0. The number of fused-ring (bicyclic) bond motifs is 22. The Labute approximate surface area is 600 Å². The van der Waals surface area contributed by atoms with Crippen LogP contribution in [0.15, 0.2) is 158 Å². The molecule has 12 rings (SSSR count). The van der Waals surface area contributed by atoms with Crippen molar-refractivity contribution in [2.75, 3.05) is 78.7 Å².